The Balaban J connectivity index is 1.63. The molecule has 0 bridgehead atoms. The predicted molar refractivity (Wildman–Crippen MR) is 130 cm³/mol. The number of esters is 1. The van der Waals surface area contributed by atoms with E-state index in [-0.39, 0.29) is 6.61 Å². The summed E-state index contributed by atoms with van der Waals surface area (Å²) in [5.41, 5.74) is 2.19. The summed E-state index contributed by atoms with van der Waals surface area (Å²) in [6.45, 7) is 3.90. The van der Waals surface area contributed by atoms with Gasteiger partial charge in [-0.1, -0.05) is 48.5 Å². The van der Waals surface area contributed by atoms with Crippen LogP contribution in [0.4, 0.5) is 10.3 Å². The van der Waals surface area contributed by atoms with Crippen LogP contribution in [0.3, 0.4) is 0 Å². The van der Waals surface area contributed by atoms with Gasteiger partial charge in [0.15, 0.2) is 0 Å². The summed E-state index contributed by atoms with van der Waals surface area (Å²) >= 11 is 7.64. The van der Waals surface area contributed by atoms with E-state index in [2.05, 4.69) is 22.3 Å². The highest BCUT2D eigenvalue weighted by molar-refractivity contribution is 7.99. The number of aromatic nitrogens is 3. The molecule has 2 heterocycles. The maximum atomic E-state index is 14.0. The Labute approximate surface area is 206 Å². The molecule has 1 N–H and O–H groups in total. The van der Waals surface area contributed by atoms with Gasteiger partial charge in [0.25, 0.3) is 0 Å². The number of nitrogens with one attached hydrogen (secondary N) is 1. The van der Waals surface area contributed by atoms with E-state index in [1.54, 1.807) is 40.7 Å². The van der Waals surface area contributed by atoms with Crippen LogP contribution >= 0.6 is 23.4 Å². The molecule has 1 aromatic heterocycles. The zero-order valence-corrected chi connectivity index (χ0v) is 20.5. The van der Waals surface area contributed by atoms with Gasteiger partial charge in [-0.3, -0.25) is 0 Å². The molecule has 0 spiro atoms. The average Bonchev–Trinajstić information content (AvgIpc) is 3.23. The van der Waals surface area contributed by atoms with Gasteiger partial charge in [-0.25, -0.2) is 13.9 Å². The fourth-order valence-electron chi connectivity index (χ4n) is 3.64. The zero-order valence-electron chi connectivity index (χ0n) is 19.0. The largest absolute Gasteiger partial charge is 0.489 e. The second-order valence-electron chi connectivity index (χ2n) is 7.63. The molecule has 10 heteroatoms. The van der Waals surface area contributed by atoms with Crippen LogP contribution in [0.15, 0.2) is 58.9 Å². The molecular formula is C24H24ClFN4O3S. The van der Waals surface area contributed by atoms with E-state index >= 15 is 0 Å². The molecule has 4 rings (SSSR count). The first kappa shape index (κ1) is 24.1. The summed E-state index contributed by atoms with van der Waals surface area (Å²) in [5, 5.41) is 8.75. The van der Waals surface area contributed by atoms with Crippen LogP contribution in [0, 0.1) is 5.82 Å². The van der Waals surface area contributed by atoms with Gasteiger partial charge in [0.05, 0.1) is 17.7 Å². The van der Waals surface area contributed by atoms with Gasteiger partial charge in [-0.2, -0.15) is 4.98 Å². The standard InChI is InChI=1S/C24H24ClFN4O3S/c1-4-12-34-24-28-23-27-14(2)20(22(31)32-3)21(30(23)29-24)15-8-10-16(11-9-15)33-13-17-18(25)6-5-7-19(17)26/h5-11,21H,4,12-13H2,1-3H3,(H,27,28,29). The molecular weight excluding hydrogens is 479 g/mol. The van der Waals surface area contributed by atoms with Crippen LogP contribution in [0.25, 0.3) is 0 Å². The summed E-state index contributed by atoms with van der Waals surface area (Å²) in [6, 6.07) is 11.2. The van der Waals surface area contributed by atoms with E-state index in [0.29, 0.717) is 38.7 Å². The van der Waals surface area contributed by atoms with Crippen molar-refractivity contribution in [3.05, 3.63) is 75.7 Å². The van der Waals surface area contributed by atoms with Crippen LogP contribution < -0.4 is 10.1 Å². The third kappa shape index (κ3) is 4.90. The fraction of sp³-hybridized carbons (Fsp3) is 0.292. The van der Waals surface area contributed by atoms with E-state index in [9.17, 15) is 9.18 Å². The molecule has 1 atom stereocenters. The quantitative estimate of drug-likeness (QED) is 0.316. The number of nitrogens with zero attached hydrogens (tertiary/aromatic N) is 3. The van der Waals surface area contributed by atoms with Crippen molar-refractivity contribution in [3.63, 3.8) is 0 Å². The molecule has 7 nitrogen and oxygen atoms in total. The molecule has 0 aliphatic carbocycles. The van der Waals surface area contributed by atoms with Crippen molar-refractivity contribution in [1.82, 2.24) is 14.8 Å². The Kier molecular flexibility index (Phi) is 7.43. The molecule has 0 amide bonds. The Morgan fingerprint density at radius 3 is 2.71 bits per heavy atom. The molecule has 1 aliphatic heterocycles. The van der Waals surface area contributed by atoms with Crippen LogP contribution in [-0.2, 0) is 16.1 Å². The smallest absolute Gasteiger partial charge is 0.338 e. The zero-order chi connectivity index (χ0) is 24.2. The van der Waals surface area contributed by atoms with Crippen molar-refractivity contribution in [3.8, 4) is 5.75 Å². The molecule has 34 heavy (non-hydrogen) atoms. The highest BCUT2D eigenvalue weighted by Gasteiger charge is 2.35. The summed E-state index contributed by atoms with van der Waals surface area (Å²) in [4.78, 5) is 17.3. The second kappa shape index (κ2) is 10.5. The number of fused-ring (bicyclic) bond motifs is 1. The number of rotatable bonds is 8. The fourth-order valence-corrected chi connectivity index (χ4v) is 4.54. The molecule has 0 radical (unpaired) electrons. The highest BCUT2D eigenvalue weighted by Crippen LogP contribution is 2.37. The lowest BCUT2D eigenvalue weighted by Crippen LogP contribution is -2.29. The number of methoxy groups -OCH3 is 1. The molecule has 2 aromatic carbocycles. The molecule has 178 valence electrons. The Morgan fingerprint density at radius 1 is 1.26 bits per heavy atom. The van der Waals surface area contributed by atoms with E-state index in [0.717, 1.165) is 17.7 Å². The number of benzene rings is 2. The minimum absolute atomic E-state index is 0.00411. The average molecular weight is 503 g/mol. The Hall–Kier alpha value is -3.04. The third-order valence-corrected chi connectivity index (χ3v) is 6.71. The van der Waals surface area contributed by atoms with Gasteiger partial charge in [0, 0.05) is 17.0 Å². The maximum absolute atomic E-state index is 14.0. The monoisotopic (exact) mass is 502 g/mol. The van der Waals surface area contributed by atoms with Crippen molar-refractivity contribution in [2.24, 2.45) is 0 Å². The first-order valence-corrected chi connectivity index (χ1v) is 12.1. The summed E-state index contributed by atoms with van der Waals surface area (Å²) in [5.74, 6) is 1.12. The first-order valence-electron chi connectivity index (χ1n) is 10.7. The predicted octanol–water partition coefficient (Wildman–Crippen LogP) is 5.61. The Bertz CT molecular complexity index is 1210. The molecule has 0 saturated carbocycles. The Morgan fingerprint density at radius 2 is 2.03 bits per heavy atom. The number of allylic oxidation sites excluding steroid dienone is 1. The van der Waals surface area contributed by atoms with Crippen LogP contribution in [-0.4, -0.2) is 33.6 Å². The van der Waals surface area contributed by atoms with Crippen LogP contribution in [0.2, 0.25) is 5.02 Å². The lowest BCUT2D eigenvalue weighted by atomic mass is 9.96. The van der Waals surface area contributed by atoms with E-state index in [1.165, 1.54) is 13.2 Å². The van der Waals surface area contributed by atoms with Crippen LogP contribution in [0.1, 0.15) is 37.4 Å². The number of hydrogen-bond donors (Lipinski definition) is 1. The lowest BCUT2D eigenvalue weighted by molar-refractivity contribution is -0.136. The van der Waals surface area contributed by atoms with Gasteiger partial charge in [-0.15, -0.1) is 5.10 Å². The highest BCUT2D eigenvalue weighted by atomic mass is 35.5. The maximum Gasteiger partial charge on any atom is 0.338 e. The van der Waals surface area contributed by atoms with Gasteiger partial charge in [0.1, 0.15) is 24.2 Å². The number of thioether (sulfide) groups is 1. The second-order valence-corrected chi connectivity index (χ2v) is 9.10. The number of carbonyl (C=O) groups excluding carboxylic acids is 1. The SMILES string of the molecule is CCCSc1nc2n(n1)C(c1ccc(OCc3c(F)cccc3Cl)cc1)C(C(=O)OC)=C(C)N2. The van der Waals surface area contributed by atoms with Crippen molar-refractivity contribution in [2.75, 3.05) is 18.2 Å². The minimum Gasteiger partial charge on any atom is -0.489 e. The molecule has 1 unspecified atom stereocenters. The molecule has 0 fully saturated rings. The van der Waals surface area contributed by atoms with E-state index in [4.69, 9.17) is 21.1 Å². The van der Waals surface area contributed by atoms with Crippen molar-refractivity contribution in [1.29, 1.82) is 0 Å². The first-order chi connectivity index (χ1) is 16.4. The molecule has 1 aliphatic rings. The summed E-state index contributed by atoms with van der Waals surface area (Å²) < 4.78 is 26.5. The van der Waals surface area contributed by atoms with E-state index < -0.39 is 17.8 Å². The topological polar surface area (TPSA) is 78.3 Å². The number of ether oxygens (including phenoxy) is 2. The van der Waals surface area contributed by atoms with Gasteiger partial charge < -0.3 is 14.8 Å². The van der Waals surface area contributed by atoms with Gasteiger partial charge in [0.2, 0.25) is 11.1 Å². The van der Waals surface area contributed by atoms with Gasteiger partial charge >= 0.3 is 5.97 Å². The van der Waals surface area contributed by atoms with Crippen LogP contribution in [0.5, 0.6) is 5.75 Å². The number of anilines is 1. The summed E-state index contributed by atoms with van der Waals surface area (Å²) in [6.07, 6.45) is 0.996. The minimum atomic E-state index is -0.526. The molecule has 0 saturated heterocycles. The number of halogens is 2. The lowest BCUT2D eigenvalue weighted by Gasteiger charge is -2.27. The van der Waals surface area contributed by atoms with Crippen molar-refractivity contribution >= 4 is 35.3 Å². The summed E-state index contributed by atoms with van der Waals surface area (Å²) in [7, 11) is 1.35. The number of carbonyl (C=O) groups is 1. The normalized spacial score (nSPS) is 15.0. The van der Waals surface area contributed by atoms with E-state index in [1.807, 2.05) is 19.1 Å². The van der Waals surface area contributed by atoms with Gasteiger partial charge in [-0.05, 0) is 43.2 Å². The third-order valence-electron chi connectivity index (χ3n) is 5.31. The number of hydrogen-bond acceptors (Lipinski definition) is 7. The van der Waals surface area contributed by atoms with Crippen molar-refractivity contribution in [2.45, 2.75) is 38.1 Å². The van der Waals surface area contributed by atoms with Crippen molar-refractivity contribution < 1.29 is 18.7 Å². The molecule has 3 aromatic rings.